The number of Topliss-reactive ketones (excluding diaryl/α,β-unsaturated/α-hetero) is 1. The number of hydrogen-bond acceptors (Lipinski definition) is 10. The number of carbonyl (C=O) groups is 2. The van der Waals surface area contributed by atoms with Crippen LogP contribution in [0.1, 0.15) is 35.2 Å². The average molecular weight is 561 g/mol. The van der Waals surface area contributed by atoms with Crippen LogP contribution >= 0.6 is 23.1 Å². The number of rotatable bonds is 8. The number of amides is 1. The number of pyridine rings is 1. The fourth-order valence-corrected chi connectivity index (χ4v) is 5.99. The molecule has 0 saturated carbocycles. The van der Waals surface area contributed by atoms with Crippen LogP contribution in [0.2, 0.25) is 0 Å². The fourth-order valence-electron chi connectivity index (χ4n) is 4.17. The zero-order valence-electron chi connectivity index (χ0n) is 21.1. The number of carbonyl (C=O) groups excluding carboxylic acids is 2. The Morgan fingerprint density at radius 2 is 1.82 bits per heavy atom. The predicted octanol–water partition coefficient (Wildman–Crippen LogP) is 5.26. The maximum atomic E-state index is 13.4. The number of ketones is 1. The van der Waals surface area contributed by atoms with Crippen molar-refractivity contribution in [1.29, 1.82) is 0 Å². The third-order valence-corrected chi connectivity index (χ3v) is 8.21. The van der Waals surface area contributed by atoms with Crippen molar-refractivity contribution in [2.45, 2.75) is 30.0 Å². The number of hydrogen-bond donors (Lipinski definition) is 2. The average Bonchev–Trinajstić information content (AvgIpc) is 3.52. The molecule has 1 atom stereocenters. The van der Waals surface area contributed by atoms with E-state index in [1.165, 1.54) is 52.0 Å². The highest BCUT2D eigenvalue weighted by molar-refractivity contribution is 8.00. The van der Waals surface area contributed by atoms with Crippen molar-refractivity contribution in [3.63, 3.8) is 0 Å². The first kappa shape index (κ1) is 26.4. The highest BCUT2D eigenvalue weighted by atomic mass is 32.2. The molecule has 198 valence electrons. The van der Waals surface area contributed by atoms with Gasteiger partial charge in [0, 0.05) is 23.7 Å². The molecule has 2 N–H and O–H groups in total. The van der Waals surface area contributed by atoms with Gasteiger partial charge >= 0.3 is 5.91 Å². The lowest BCUT2D eigenvalue weighted by molar-refractivity contribution is -0.132. The van der Waals surface area contributed by atoms with E-state index in [2.05, 4.69) is 15.2 Å². The number of nitrogens with zero attached hydrogens (tertiary/aromatic N) is 4. The van der Waals surface area contributed by atoms with Crippen molar-refractivity contribution >= 4 is 45.7 Å². The van der Waals surface area contributed by atoms with Gasteiger partial charge in [0.2, 0.25) is 5.13 Å². The summed E-state index contributed by atoms with van der Waals surface area (Å²) in [5.41, 5.74) is 2.97. The normalized spacial score (nSPS) is 16.6. The summed E-state index contributed by atoms with van der Waals surface area (Å²) in [5.74, 6) is -1.27. The zero-order chi connectivity index (χ0) is 27.5. The van der Waals surface area contributed by atoms with Crippen LogP contribution in [0.15, 0.2) is 76.9 Å². The Morgan fingerprint density at radius 3 is 2.54 bits per heavy atom. The molecule has 1 saturated heterocycles. The van der Waals surface area contributed by atoms with Gasteiger partial charge in [0.05, 0.1) is 18.2 Å². The summed E-state index contributed by atoms with van der Waals surface area (Å²) < 4.78 is 6.17. The minimum absolute atomic E-state index is 0.0857. The molecular weight excluding hydrogens is 536 g/mol. The van der Waals surface area contributed by atoms with Crippen molar-refractivity contribution in [2.75, 3.05) is 11.5 Å². The lowest BCUT2D eigenvalue weighted by Gasteiger charge is -2.23. The van der Waals surface area contributed by atoms with E-state index in [-0.39, 0.29) is 28.0 Å². The number of anilines is 1. The molecule has 3 heterocycles. The summed E-state index contributed by atoms with van der Waals surface area (Å²) >= 11 is 2.66. The van der Waals surface area contributed by atoms with Crippen molar-refractivity contribution in [2.24, 2.45) is 0 Å². The third kappa shape index (κ3) is 5.36. The summed E-state index contributed by atoms with van der Waals surface area (Å²) in [6.45, 7) is 4.10. The Bertz CT molecular complexity index is 1550. The Labute approximate surface area is 232 Å². The van der Waals surface area contributed by atoms with Crippen molar-refractivity contribution in [1.82, 2.24) is 15.2 Å². The Morgan fingerprint density at radius 1 is 1.08 bits per heavy atom. The molecule has 9 nitrogen and oxygen atoms in total. The van der Waals surface area contributed by atoms with E-state index in [0.29, 0.717) is 27.8 Å². The van der Waals surface area contributed by atoms with Crippen molar-refractivity contribution in [3.8, 4) is 11.5 Å². The van der Waals surface area contributed by atoms with E-state index < -0.39 is 17.7 Å². The highest BCUT2D eigenvalue weighted by Gasteiger charge is 2.48. The molecule has 0 radical (unpaired) electrons. The lowest BCUT2D eigenvalue weighted by Crippen LogP contribution is -2.29. The van der Waals surface area contributed by atoms with Crippen LogP contribution in [0, 0.1) is 6.92 Å². The summed E-state index contributed by atoms with van der Waals surface area (Å²) in [6, 6.07) is 14.8. The molecular formula is C28H24N4O5S2. The smallest absolute Gasteiger partial charge is 0.301 e. The third-order valence-electron chi connectivity index (χ3n) is 6.08. The van der Waals surface area contributed by atoms with E-state index >= 15 is 0 Å². The second kappa shape index (κ2) is 11.3. The molecule has 2 aromatic carbocycles. The number of aromatic nitrogens is 3. The molecule has 1 amide bonds. The molecule has 39 heavy (non-hydrogen) atoms. The molecule has 5 rings (SSSR count). The van der Waals surface area contributed by atoms with Gasteiger partial charge in [0.25, 0.3) is 5.78 Å². The first-order valence-corrected chi connectivity index (χ1v) is 13.9. The Balaban J connectivity index is 1.56. The van der Waals surface area contributed by atoms with Crippen LogP contribution in [0.4, 0.5) is 5.13 Å². The largest absolute Gasteiger partial charge is 0.507 e. The maximum absolute atomic E-state index is 13.4. The van der Waals surface area contributed by atoms with Gasteiger partial charge in [-0.25, -0.2) is 0 Å². The van der Waals surface area contributed by atoms with Crippen LogP contribution < -0.4 is 9.64 Å². The number of phenolic OH excluding ortho intramolecular Hbond substituents is 1. The van der Waals surface area contributed by atoms with Crippen molar-refractivity contribution in [3.05, 3.63) is 94.8 Å². The minimum atomic E-state index is -1.03. The second-order valence-corrected chi connectivity index (χ2v) is 10.9. The van der Waals surface area contributed by atoms with Gasteiger partial charge in [0.1, 0.15) is 5.76 Å². The van der Waals surface area contributed by atoms with E-state index in [0.717, 1.165) is 5.56 Å². The zero-order valence-corrected chi connectivity index (χ0v) is 22.7. The SMILES string of the molecule is CCOc1cc(C2/C(=C(\O)c3ccncc3)C(=O)C(=O)N2c2nnc(SCc3ccc(C)cc3)s2)ccc1O. The molecule has 1 fully saturated rings. The van der Waals surface area contributed by atoms with E-state index in [9.17, 15) is 19.8 Å². The maximum Gasteiger partial charge on any atom is 0.301 e. The predicted molar refractivity (Wildman–Crippen MR) is 149 cm³/mol. The molecule has 0 aliphatic carbocycles. The number of benzene rings is 2. The number of thioether (sulfide) groups is 1. The van der Waals surface area contributed by atoms with Crippen LogP contribution in [0.25, 0.3) is 5.76 Å². The van der Waals surface area contributed by atoms with E-state index in [4.69, 9.17) is 4.74 Å². The number of aliphatic hydroxyl groups is 1. The molecule has 2 aromatic heterocycles. The van der Waals surface area contributed by atoms with Crippen LogP contribution in [0.5, 0.6) is 11.5 Å². The molecule has 0 bridgehead atoms. The number of aryl methyl sites for hydroxylation is 1. The van der Waals surface area contributed by atoms with Crippen LogP contribution in [-0.2, 0) is 15.3 Å². The summed E-state index contributed by atoms with van der Waals surface area (Å²) in [6.07, 6.45) is 2.96. The molecule has 1 unspecified atom stereocenters. The topological polar surface area (TPSA) is 126 Å². The van der Waals surface area contributed by atoms with E-state index in [1.807, 2.05) is 31.2 Å². The second-order valence-electron chi connectivity index (χ2n) is 8.69. The number of ether oxygens (including phenoxy) is 1. The van der Waals surface area contributed by atoms with Crippen molar-refractivity contribution < 1.29 is 24.5 Å². The summed E-state index contributed by atoms with van der Waals surface area (Å²) in [7, 11) is 0. The first-order valence-electron chi connectivity index (χ1n) is 12.1. The van der Waals surface area contributed by atoms with Gasteiger partial charge in [-0.05, 0) is 49.2 Å². The Hall–Kier alpha value is -4.22. The van der Waals surface area contributed by atoms with Gasteiger partial charge in [-0.15, -0.1) is 10.2 Å². The quantitative estimate of drug-likeness (QED) is 0.0975. The fraction of sp³-hybridized carbons (Fsp3) is 0.179. The highest BCUT2D eigenvalue weighted by Crippen LogP contribution is 2.45. The molecule has 0 spiro atoms. The summed E-state index contributed by atoms with van der Waals surface area (Å²) in [4.78, 5) is 32.0. The van der Waals surface area contributed by atoms with Crippen LogP contribution in [-0.4, -0.2) is 43.7 Å². The standard InChI is InChI=1S/C28H24N4O5S2/c1-3-37-21-14-19(8-9-20(21)33)23-22(24(34)18-10-12-29-13-11-18)25(35)26(36)32(23)27-30-31-28(39-27)38-15-17-6-4-16(2)5-7-17/h4-14,23,33-34H,3,15H2,1-2H3/b24-22+. The summed E-state index contributed by atoms with van der Waals surface area (Å²) in [5, 5.41) is 30.2. The van der Waals surface area contributed by atoms with Gasteiger partial charge in [0.15, 0.2) is 15.8 Å². The molecule has 1 aliphatic rings. The molecule has 11 heteroatoms. The number of aromatic hydroxyl groups is 1. The first-order chi connectivity index (χ1) is 18.9. The lowest BCUT2D eigenvalue weighted by atomic mass is 9.95. The number of phenols is 1. The van der Waals surface area contributed by atoms with Gasteiger partial charge < -0.3 is 14.9 Å². The molecule has 1 aliphatic heterocycles. The Kier molecular flexibility index (Phi) is 7.62. The number of aliphatic hydroxyl groups excluding tert-OH is 1. The molecule has 4 aromatic rings. The monoisotopic (exact) mass is 560 g/mol. The van der Waals surface area contributed by atoms with Crippen LogP contribution in [0.3, 0.4) is 0 Å². The minimum Gasteiger partial charge on any atom is -0.507 e. The van der Waals surface area contributed by atoms with Gasteiger partial charge in [-0.3, -0.25) is 19.5 Å². The van der Waals surface area contributed by atoms with Gasteiger partial charge in [-0.2, -0.15) is 0 Å². The van der Waals surface area contributed by atoms with E-state index in [1.54, 1.807) is 31.2 Å². The van der Waals surface area contributed by atoms with Gasteiger partial charge in [-0.1, -0.05) is 59.0 Å².